The van der Waals surface area contributed by atoms with Crippen molar-refractivity contribution in [1.29, 1.82) is 0 Å². The van der Waals surface area contributed by atoms with E-state index in [1.807, 2.05) is 0 Å². The molecular formula is C6H2Cl2Na2O6S2. The molecule has 0 fully saturated rings. The van der Waals surface area contributed by atoms with Gasteiger partial charge in [-0.05, 0) is 12.1 Å². The van der Waals surface area contributed by atoms with E-state index in [1.165, 1.54) is 0 Å². The molecule has 0 saturated carbocycles. The molecule has 90 valence electrons. The van der Waals surface area contributed by atoms with Crippen molar-refractivity contribution in [3.8, 4) is 0 Å². The van der Waals surface area contributed by atoms with E-state index in [4.69, 9.17) is 23.2 Å². The first-order valence-corrected chi connectivity index (χ1v) is 7.02. The molecule has 1 aromatic rings. The molecule has 0 aromatic heterocycles. The molecule has 0 atom stereocenters. The molecule has 0 bridgehead atoms. The van der Waals surface area contributed by atoms with Gasteiger partial charge in [0, 0.05) is 0 Å². The summed E-state index contributed by atoms with van der Waals surface area (Å²) in [5.41, 5.74) is 0. The predicted molar refractivity (Wildman–Crippen MR) is 52.4 cm³/mol. The van der Waals surface area contributed by atoms with Crippen LogP contribution in [-0.2, 0) is 20.2 Å². The van der Waals surface area contributed by atoms with E-state index in [0.717, 1.165) is 6.07 Å². The van der Waals surface area contributed by atoms with Crippen LogP contribution < -0.4 is 59.1 Å². The molecule has 1 aromatic carbocycles. The number of hydrogen-bond acceptors (Lipinski definition) is 6. The fourth-order valence-electron chi connectivity index (χ4n) is 0.944. The monoisotopic (exact) mass is 350 g/mol. The molecule has 0 unspecified atom stereocenters. The van der Waals surface area contributed by atoms with Gasteiger partial charge in [-0.25, -0.2) is 16.8 Å². The van der Waals surface area contributed by atoms with Crippen LogP contribution in [0.2, 0.25) is 10.0 Å². The van der Waals surface area contributed by atoms with Crippen LogP contribution in [0.4, 0.5) is 0 Å². The third-order valence-electron chi connectivity index (χ3n) is 1.53. The fraction of sp³-hybridized carbons (Fsp3) is 0. The second-order valence-electron chi connectivity index (χ2n) is 2.60. The Morgan fingerprint density at radius 1 is 0.889 bits per heavy atom. The van der Waals surface area contributed by atoms with Gasteiger partial charge in [0.05, 0.1) is 19.8 Å². The normalized spacial score (nSPS) is 11.3. The zero-order valence-electron chi connectivity index (χ0n) is 9.18. The minimum atomic E-state index is -5.22. The van der Waals surface area contributed by atoms with Gasteiger partial charge in [0.1, 0.15) is 20.2 Å². The van der Waals surface area contributed by atoms with Gasteiger partial charge in [-0.3, -0.25) is 0 Å². The van der Waals surface area contributed by atoms with Crippen LogP contribution in [0.15, 0.2) is 21.9 Å². The first-order valence-electron chi connectivity index (χ1n) is 3.45. The summed E-state index contributed by atoms with van der Waals surface area (Å²) >= 11 is 10.8. The summed E-state index contributed by atoms with van der Waals surface area (Å²) in [5, 5.41) is -1.13. The maximum atomic E-state index is 10.8. The van der Waals surface area contributed by atoms with Gasteiger partial charge in [-0.1, -0.05) is 23.2 Å². The Kier molecular flexibility index (Phi) is 9.22. The molecule has 0 saturated heterocycles. The Balaban J connectivity index is 0. The van der Waals surface area contributed by atoms with Crippen LogP contribution in [0, 0.1) is 0 Å². The van der Waals surface area contributed by atoms with Gasteiger partial charge in [0.15, 0.2) is 0 Å². The molecule has 0 heterocycles. The van der Waals surface area contributed by atoms with Crippen molar-refractivity contribution in [2.45, 2.75) is 9.79 Å². The van der Waals surface area contributed by atoms with Gasteiger partial charge >= 0.3 is 59.1 Å². The molecule has 0 amide bonds. The minimum Gasteiger partial charge on any atom is -0.744 e. The maximum Gasteiger partial charge on any atom is 1.00 e. The summed E-state index contributed by atoms with van der Waals surface area (Å²) in [6.45, 7) is 0. The first kappa shape index (κ1) is 21.9. The van der Waals surface area contributed by atoms with E-state index in [1.54, 1.807) is 0 Å². The summed E-state index contributed by atoms with van der Waals surface area (Å²) in [7, 11) is -10.3. The number of halogens is 2. The van der Waals surface area contributed by atoms with Gasteiger partial charge < -0.3 is 9.11 Å². The number of benzene rings is 1. The van der Waals surface area contributed by atoms with E-state index >= 15 is 0 Å². The standard InChI is InChI=1S/C6H4Cl2O6S2.2Na/c7-3-1-2-4(15(9,10)11)6(5(3)8)16(12,13)14;;/h1-2H,(H,9,10,11)(H,12,13,14);;/q;2*+1/p-2. The van der Waals surface area contributed by atoms with Gasteiger partial charge in [0.25, 0.3) is 0 Å². The Morgan fingerprint density at radius 3 is 1.67 bits per heavy atom. The largest absolute Gasteiger partial charge is 1.00 e. The second-order valence-corrected chi connectivity index (χ2v) is 6.05. The van der Waals surface area contributed by atoms with E-state index < -0.39 is 35.0 Å². The molecular weight excluding hydrogens is 349 g/mol. The van der Waals surface area contributed by atoms with Crippen LogP contribution in [-0.4, -0.2) is 25.9 Å². The van der Waals surface area contributed by atoms with Crippen molar-refractivity contribution >= 4 is 43.4 Å². The first-order chi connectivity index (χ1) is 7.05. The zero-order valence-corrected chi connectivity index (χ0v) is 16.3. The topological polar surface area (TPSA) is 114 Å². The molecule has 0 aliphatic heterocycles. The molecule has 1 rings (SSSR count). The molecule has 12 heteroatoms. The summed E-state index contributed by atoms with van der Waals surface area (Å²) in [6, 6.07) is 1.52. The molecule has 6 nitrogen and oxygen atoms in total. The Bertz CT molecular complexity index is 642. The summed E-state index contributed by atoms with van der Waals surface area (Å²) in [6.07, 6.45) is 0. The van der Waals surface area contributed by atoms with Gasteiger partial charge in [-0.15, -0.1) is 0 Å². The van der Waals surface area contributed by atoms with Crippen LogP contribution in [0.3, 0.4) is 0 Å². The summed E-state index contributed by atoms with van der Waals surface area (Å²) < 4.78 is 64.4. The van der Waals surface area contributed by atoms with Crippen molar-refractivity contribution in [2.24, 2.45) is 0 Å². The minimum absolute atomic E-state index is 0. The summed E-state index contributed by atoms with van der Waals surface area (Å²) in [4.78, 5) is -2.53. The second kappa shape index (κ2) is 7.58. The van der Waals surface area contributed by atoms with Crippen molar-refractivity contribution in [1.82, 2.24) is 0 Å². The maximum absolute atomic E-state index is 10.8. The molecule has 0 radical (unpaired) electrons. The molecule has 0 aliphatic rings. The van der Waals surface area contributed by atoms with E-state index in [2.05, 4.69) is 0 Å². The third-order valence-corrected chi connectivity index (χ3v) is 4.38. The third kappa shape index (κ3) is 5.19. The average molecular weight is 351 g/mol. The van der Waals surface area contributed by atoms with Crippen molar-refractivity contribution in [3.63, 3.8) is 0 Å². The van der Waals surface area contributed by atoms with E-state index in [9.17, 15) is 25.9 Å². The number of hydrogen-bond donors (Lipinski definition) is 0. The van der Waals surface area contributed by atoms with Crippen LogP contribution in [0.25, 0.3) is 0 Å². The van der Waals surface area contributed by atoms with Crippen molar-refractivity contribution < 1.29 is 85.1 Å². The van der Waals surface area contributed by atoms with Crippen LogP contribution >= 0.6 is 23.2 Å². The Morgan fingerprint density at radius 2 is 1.33 bits per heavy atom. The molecule has 0 N–H and O–H groups in total. The predicted octanol–water partition coefficient (Wildman–Crippen LogP) is -5.19. The zero-order chi connectivity index (χ0) is 12.7. The SMILES string of the molecule is O=S(=O)([O-])c1ccc(Cl)c(Cl)c1S(=O)(=O)[O-].[Na+].[Na+]. The Labute approximate surface area is 158 Å². The Hall–Kier alpha value is 1.62. The van der Waals surface area contributed by atoms with Crippen molar-refractivity contribution in [2.75, 3.05) is 0 Å². The molecule has 0 aliphatic carbocycles. The van der Waals surface area contributed by atoms with E-state index in [0.29, 0.717) is 6.07 Å². The van der Waals surface area contributed by atoms with Gasteiger partial charge in [0.2, 0.25) is 0 Å². The molecule has 18 heavy (non-hydrogen) atoms. The summed E-state index contributed by atoms with van der Waals surface area (Å²) in [5.74, 6) is 0. The fourth-order valence-corrected chi connectivity index (χ4v) is 3.48. The smallest absolute Gasteiger partial charge is 0.744 e. The van der Waals surface area contributed by atoms with Crippen LogP contribution in [0.5, 0.6) is 0 Å². The molecule has 0 spiro atoms. The van der Waals surface area contributed by atoms with E-state index in [-0.39, 0.29) is 64.1 Å². The average Bonchev–Trinajstić information content (AvgIpc) is 2.05. The van der Waals surface area contributed by atoms with Crippen LogP contribution in [0.1, 0.15) is 0 Å². The van der Waals surface area contributed by atoms with Gasteiger partial charge in [-0.2, -0.15) is 0 Å². The number of rotatable bonds is 2. The quantitative estimate of drug-likeness (QED) is 0.389. The van der Waals surface area contributed by atoms with Crippen molar-refractivity contribution in [3.05, 3.63) is 22.2 Å².